The average Bonchev–Trinajstić information content (AvgIpc) is 2.63. The van der Waals surface area contributed by atoms with Crippen LogP contribution in [0, 0.1) is 0 Å². The Bertz CT molecular complexity index is 581. The first-order valence-electron chi connectivity index (χ1n) is 8.55. The van der Waals surface area contributed by atoms with Crippen LogP contribution in [-0.2, 0) is 27.4 Å². The van der Waals surface area contributed by atoms with Crippen molar-refractivity contribution in [2.45, 2.75) is 50.8 Å². The molecule has 1 fully saturated rings. The van der Waals surface area contributed by atoms with Gasteiger partial charge in [0.2, 0.25) is 0 Å². The molecule has 3 unspecified atom stereocenters. The van der Waals surface area contributed by atoms with Crippen LogP contribution in [0.15, 0.2) is 60.7 Å². The molecule has 1 aliphatic heterocycles. The molecule has 2 aromatic rings. The lowest BCUT2D eigenvalue weighted by Crippen LogP contribution is -2.62. The van der Waals surface area contributed by atoms with Crippen LogP contribution in [0.5, 0.6) is 0 Å². The van der Waals surface area contributed by atoms with Crippen molar-refractivity contribution >= 4 is 0 Å². The van der Waals surface area contributed by atoms with Crippen molar-refractivity contribution in [2.75, 3.05) is 0 Å². The molecule has 0 saturated carbocycles. The molecule has 0 radical (unpaired) electrons. The Morgan fingerprint density at radius 1 is 0.880 bits per heavy atom. The fourth-order valence-corrected chi connectivity index (χ4v) is 3.04. The summed E-state index contributed by atoms with van der Waals surface area (Å²) in [5.74, 6) is 0. The maximum absolute atomic E-state index is 10.2. The van der Waals surface area contributed by atoms with E-state index < -0.39 is 18.4 Å². The summed E-state index contributed by atoms with van der Waals surface area (Å²) in [5, 5.41) is 10.2. The molecule has 0 bridgehead atoms. The number of benzene rings is 2. The van der Waals surface area contributed by atoms with Crippen LogP contribution in [0.3, 0.4) is 0 Å². The van der Waals surface area contributed by atoms with Gasteiger partial charge in [0, 0.05) is 0 Å². The van der Waals surface area contributed by atoms with Gasteiger partial charge in [0.15, 0.2) is 6.29 Å². The van der Waals surface area contributed by atoms with Gasteiger partial charge in [-0.3, -0.25) is 0 Å². The summed E-state index contributed by atoms with van der Waals surface area (Å²) in [4.78, 5) is 0. The van der Waals surface area contributed by atoms with Gasteiger partial charge in [-0.2, -0.15) is 0 Å². The van der Waals surface area contributed by atoms with Gasteiger partial charge >= 0.3 is 0 Å². The van der Waals surface area contributed by atoms with Crippen LogP contribution in [0.1, 0.15) is 18.1 Å². The molecule has 0 aliphatic carbocycles. The number of aliphatic hydroxyl groups is 1. The zero-order chi connectivity index (χ0) is 17.6. The zero-order valence-corrected chi connectivity index (χ0v) is 14.3. The minimum Gasteiger partial charge on any atom is -0.369 e. The Balaban J connectivity index is 1.61. The predicted octanol–water partition coefficient (Wildman–Crippen LogP) is 2.22. The SMILES string of the molecule is CC1O[C@@H](O)C(OCc2ccccc2)C(N)[C@@H]1OCc1ccccc1. The van der Waals surface area contributed by atoms with Gasteiger partial charge in [0.1, 0.15) is 12.2 Å². The standard InChI is InChI=1S/C20H25NO4/c1-14-18(23-12-15-8-4-2-5-9-15)17(21)19(20(22)25-14)24-13-16-10-6-3-7-11-16/h2-11,14,17-20,22H,12-13,21H2,1H3/t14?,17?,18-,19?,20-/m1/s1. The van der Waals surface area contributed by atoms with E-state index in [0.717, 1.165) is 11.1 Å². The van der Waals surface area contributed by atoms with E-state index in [2.05, 4.69) is 0 Å². The number of hydrogen-bond donors (Lipinski definition) is 2. The molecule has 3 N–H and O–H groups in total. The van der Waals surface area contributed by atoms with E-state index >= 15 is 0 Å². The molecule has 0 spiro atoms. The van der Waals surface area contributed by atoms with Crippen molar-refractivity contribution in [3.8, 4) is 0 Å². The van der Waals surface area contributed by atoms with Gasteiger partial charge in [-0.15, -0.1) is 0 Å². The fraction of sp³-hybridized carbons (Fsp3) is 0.400. The normalized spacial score (nSPS) is 29.5. The second kappa shape index (κ2) is 8.56. The second-order valence-corrected chi connectivity index (χ2v) is 6.33. The molecule has 3 rings (SSSR count). The highest BCUT2D eigenvalue weighted by Gasteiger charge is 2.43. The van der Waals surface area contributed by atoms with E-state index in [4.69, 9.17) is 19.9 Å². The first-order chi connectivity index (χ1) is 12.1. The van der Waals surface area contributed by atoms with E-state index in [1.54, 1.807) is 0 Å². The summed E-state index contributed by atoms with van der Waals surface area (Å²) in [7, 11) is 0. The Morgan fingerprint density at radius 2 is 1.36 bits per heavy atom. The number of aliphatic hydroxyl groups excluding tert-OH is 1. The molecule has 0 amide bonds. The molecule has 5 heteroatoms. The Labute approximate surface area is 148 Å². The Hall–Kier alpha value is -1.76. The van der Waals surface area contributed by atoms with Gasteiger partial charge in [-0.1, -0.05) is 60.7 Å². The Morgan fingerprint density at radius 3 is 1.88 bits per heavy atom. The third kappa shape index (κ3) is 4.66. The van der Waals surface area contributed by atoms with E-state index in [-0.39, 0.29) is 12.2 Å². The lowest BCUT2D eigenvalue weighted by atomic mass is 9.97. The van der Waals surface area contributed by atoms with Gasteiger partial charge in [0.05, 0.1) is 25.4 Å². The number of rotatable bonds is 6. The van der Waals surface area contributed by atoms with Crippen molar-refractivity contribution < 1.29 is 19.3 Å². The van der Waals surface area contributed by atoms with Gasteiger partial charge in [-0.25, -0.2) is 0 Å². The van der Waals surface area contributed by atoms with Crippen molar-refractivity contribution in [1.82, 2.24) is 0 Å². The summed E-state index contributed by atoms with van der Waals surface area (Å²) >= 11 is 0. The van der Waals surface area contributed by atoms with Crippen molar-refractivity contribution in [3.63, 3.8) is 0 Å². The van der Waals surface area contributed by atoms with E-state index in [0.29, 0.717) is 13.2 Å². The lowest BCUT2D eigenvalue weighted by Gasteiger charge is -2.42. The molecule has 25 heavy (non-hydrogen) atoms. The fourth-order valence-electron chi connectivity index (χ4n) is 3.04. The van der Waals surface area contributed by atoms with E-state index in [1.165, 1.54) is 0 Å². The molecular formula is C20H25NO4. The van der Waals surface area contributed by atoms with Crippen LogP contribution >= 0.6 is 0 Å². The quantitative estimate of drug-likeness (QED) is 0.841. The van der Waals surface area contributed by atoms with Crippen LogP contribution in [0.4, 0.5) is 0 Å². The van der Waals surface area contributed by atoms with Crippen LogP contribution in [0.25, 0.3) is 0 Å². The average molecular weight is 343 g/mol. The van der Waals surface area contributed by atoms with Gasteiger partial charge in [-0.05, 0) is 18.1 Å². The third-order valence-electron chi connectivity index (χ3n) is 4.43. The maximum Gasteiger partial charge on any atom is 0.183 e. The van der Waals surface area contributed by atoms with Crippen molar-refractivity contribution in [1.29, 1.82) is 0 Å². The van der Waals surface area contributed by atoms with E-state index in [1.807, 2.05) is 67.6 Å². The first kappa shape index (κ1) is 18.0. The molecule has 1 saturated heterocycles. The largest absolute Gasteiger partial charge is 0.369 e. The number of ether oxygens (including phenoxy) is 3. The van der Waals surface area contributed by atoms with Crippen LogP contribution in [-0.4, -0.2) is 35.8 Å². The summed E-state index contributed by atoms with van der Waals surface area (Å²) in [6.07, 6.45) is -2.38. The summed E-state index contributed by atoms with van der Waals surface area (Å²) in [6.45, 7) is 2.65. The molecule has 1 heterocycles. The summed E-state index contributed by atoms with van der Waals surface area (Å²) in [6, 6.07) is 19.2. The molecule has 5 atom stereocenters. The maximum atomic E-state index is 10.2. The van der Waals surface area contributed by atoms with Crippen molar-refractivity contribution in [3.05, 3.63) is 71.8 Å². The minimum absolute atomic E-state index is 0.315. The van der Waals surface area contributed by atoms with Gasteiger partial charge < -0.3 is 25.1 Å². The highest BCUT2D eigenvalue weighted by Crippen LogP contribution is 2.25. The van der Waals surface area contributed by atoms with Crippen LogP contribution in [0.2, 0.25) is 0 Å². The smallest absolute Gasteiger partial charge is 0.183 e. The third-order valence-corrected chi connectivity index (χ3v) is 4.43. The highest BCUT2D eigenvalue weighted by atomic mass is 16.7. The predicted molar refractivity (Wildman–Crippen MR) is 94.6 cm³/mol. The second-order valence-electron chi connectivity index (χ2n) is 6.33. The highest BCUT2D eigenvalue weighted by molar-refractivity contribution is 5.14. The van der Waals surface area contributed by atoms with E-state index in [9.17, 15) is 5.11 Å². The Kier molecular flexibility index (Phi) is 6.18. The first-order valence-corrected chi connectivity index (χ1v) is 8.55. The molecule has 5 nitrogen and oxygen atoms in total. The molecule has 2 aromatic carbocycles. The molecule has 0 aromatic heterocycles. The summed E-state index contributed by atoms with van der Waals surface area (Å²) in [5.41, 5.74) is 8.42. The molecule has 1 aliphatic rings. The number of nitrogens with two attached hydrogens (primary N) is 1. The molecule has 134 valence electrons. The molecular weight excluding hydrogens is 318 g/mol. The topological polar surface area (TPSA) is 73.9 Å². The summed E-state index contributed by atoms with van der Waals surface area (Å²) < 4.78 is 17.4. The number of hydrogen-bond acceptors (Lipinski definition) is 5. The minimum atomic E-state index is -1.06. The van der Waals surface area contributed by atoms with Crippen LogP contribution < -0.4 is 5.73 Å². The monoisotopic (exact) mass is 343 g/mol. The van der Waals surface area contributed by atoms with Gasteiger partial charge in [0.25, 0.3) is 0 Å². The zero-order valence-electron chi connectivity index (χ0n) is 14.3. The van der Waals surface area contributed by atoms with Crippen molar-refractivity contribution in [2.24, 2.45) is 5.73 Å². The lowest BCUT2D eigenvalue weighted by molar-refractivity contribution is -0.269.